The van der Waals surface area contributed by atoms with Crippen molar-refractivity contribution in [3.63, 3.8) is 0 Å². The van der Waals surface area contributed by atoms with Crippen molar-refractivity contribution in [2.75, 3.05) is 38.2 Å². The van der Waals surface area contributed by atoms with Crippen LogP contribution >= 0.6 is 11.3 Å². The zero-order chi connectivity index (χ0) is 20.1. The second kappa shape index (κ2) is 9.35. The number of sulfone groups is 1. The summed E-state index contributed by atoms with van der Waals surface area (Å²) in [4.78, 5) is 5.09. The number of hydrogen-bond acceptors (Lipinski definition) is 6. The number of aliphatic imine (C=N–C) groups is 1. The minimum Gasteiger partial charge on any atom is -0.356 e. The fourth-order valence-corrected chi connectivity index (χ4v) is 7.56. The van der Waals surface area contributed by atoms with E-state index in [1.807, 2.05) is 19.9 Å². The van der Waals surface area contributed by atoms with Gasteiger partial charge in [-0.1, -0.05) is 13.8 Å². The number of sulfonamides is 1. The summed E-state index contributed by atoms with van der Waals surface area (Å²) >= 11 is 1.28. The van der Waals surface area contributed by atoms with Crippen molar-refractivity contribution in [3.05, 3.63) is 17.0 Å². The van der Waals surface area contributed by atoms with E-state index in [9.17, 15) is 16.8 Å². The molecule has 154 valence electrons. The van der Waals surface area contributed by atoms with Gasteiger partial charge >= 0.3 is 0 Å². The van der Waals surface area contributed by atoms with E-state index in [2.05, 4.69) is 15.6 Å². The van der Waals surface area contributed by atoms with Gasteiger partial charge in [-0.15, -0.1) is 11.3 Å². The van der Waals surface area contributed by atoms with Crippen LogP contribution in [0.15, 0.2) is 21.3 Å². The van der Waals surface area contributed by atoms with Crippen LogP contribution < -0.4 is 10.6 Å². The highest BCUT2D eigenvalue weighted by Crippen LogP contribution is 2.25. The Hall–Kier alpha value is -1.17. The molecule has 1 aliphatic rings. The highest BCUT2D eigenvalue weighted by molar-refractivity contribution is 7.91. The van der Waals surface area contributed by atoms with Crippen LogP contribution in [0.25, 0.3) is 0 Å². The number of guanidine groups is 1. The summed E-state index contributed by atoms with van der Waals surface area (Å²) in [6, 6.07) is 3.38. The average molecular weight is 437 g/mol. The lowest BCUT2D eigenvalue weighted by Gasteiger charge is -2.17. The smallest absolute Gasteiger partial charge is 0.252 e. The highest BCUT2D eigenvalue weighted by Gasteiger charge is 2.28. The standard InChI is InChI=1S/C16H28N4O4S3/c1-4-20(5-2)27(23,24)15-7-6-14(25-15)8-10-18-16(17-3)19-13-9-11-26(21,22)12-13/h6-7,13H,4-5,8-12H2,1-3H3,(H2,17,18,19). The molecule has 1 unspecified atom stereocenters. The van der Waals surface area contributed by atoms with E-state index in [4.69, 9.17) is 0 Å². The maximum Gasteiger partial charge on any atom is 0.252 e. The minimum absolute atomic E-state index is 0.117. The Morgan fingerprint density at radius 1 is 1.33 bits per heavy atom. The summed E-state index contributed by atoms with van der Waals surface area (Å²) in [6.07, 6.45) is 1.24. The number of rotatable bonds is 8. The number of thiophene rings is 1. The topological polar surface area (TPSA) is 108 Å². The third-order valence-corrected chi connectivity index (χ3v) is 9.83. The molecule has 2 N–H and O–H groups in total. The number of hydrogen-bond donors (Lipinski definition) is 2. The van der Waals surface area contributed by atoms with Crippen molar-refractivity contribution in [2.24, 2.45) is 4.99 Å². The summed E-state index contributed by atoms with van der Waals surface area (Å²) in [5.74, 6) is 0.899. The molecule has 1 aromatic heterocycles. The molecule has 1 aliphatic heterocycles. The minimum atomic E-state index is -3.41. The predicted molar refractivity (Wildman–Crippen MR) is 110 cm³/mol. The summed E-state index contributed by atoms with van der Waals surface area (Å²) in [5.41, 5.74) is 0. The van der Waals surface area contributed by atoms with Crippen LogP contribution in [0, 0.1) is 0 Å². The molecular formula is C16H28N4O4S3. The van der Waals surface area contributed by atoms with E-state index < -0.39 is 19.9 Å². The summed E-state index contributed by atoms with van der Waals surface area (Å²) in [6.45, 7) is 5.13. The molecule has 0 aromatic carbocycles. The molecule has 0 spiro atoms. The SMILES string of the molecule is CCN(CC)S(=O)(=O)c1ccc(CCNC(=NC)NC2CCS(=O)(=O)C2)s1. The maximum absolute atomic E-state index is 12.5. The lowest BCUT2D eigenvalue weighted by molar-refractivity contribution is 0.447. The van der Waals surface area contributed by atoms with E-state index in [0.717, 1.165) is 4.88 Å². The molecule has 1 atom stereocenters. The molecule has 1 fully saturated rings. The van der Waals surface area contributed by atoms with Crippen LogP contribution in [0.4, 0.5) is 0 Å². The van der Waals surface area contributed by atoms with Gasteiger partial charge in [0.05, 0.1) is 11.5 Å². The van der Waals surface area contributed by atoms with E-state index in [0.29, 0.717) is 42.6 Å². The van der Waals surface area contributed by atoms with Crippen LogP contribution in [0.5, 0.6) is 0 Å². The van der Waals surface area contributed by atoms with Crippen molar-refractivity contribution in [1.82, 2.24) is 14.9 Å². The Kier molecular flexibility index (Phi) is 7.66. The van der Waals surface area contributed by atoms with E-state index in [-0.39, 0.29) is 17.5 Å². The lowest BCUT2D eigenvalue weighted by Crippen LogP contribution is -2.44. The lowest BCUT2D eigenvalue weighted by atomic mass is 10.3. The quantitative estimate of drug-likeness (QED) is 0.458. The second-order valence-corrected chi connectivity index (χ2v) is 11.9. The maximum atomic E-state index is 12.5. The summed E-state index contributed by atoms with van der Waals surface area (Å²) < 4.78 is 49.9. The van der Waals surface area contributed by atoms with Crippen LogP contribution in [-0.4, -0.2) is 71.3 Å². The first-order chi connectivity index (χ1) is 12.7. The van der Waals surface area contributed by atoms with Gasteiger partial charge in [-0.05, 0) is 25.0 Å². The fraction of sp³-hybridized carbons (Fsp3) is 0.688. The molecule has 0 aliphatic carbocycles. The van der Waals surface area contributed by atoms with Gasteiger partial charge in [0.1, 0.15) is 4.21 Å². The Morgan fingerprint density at radius 2 is 2.04 bits per heavy atom. The Bertz CT molecular complexity index is 858. The Balaban J connectivity index is 1.87. The van der Waals surface area contributed by atoms with Gasteiger partial charge in [0.25, 0.3) is 10.0 Å². The third kappa shape index (κ3) is 5.90. The highest BCUT2D eigenvalue weighted by atomic mass is 32.2. The largest absolute Gasteiger partial charge is 0.356 e. The summed E-state index contributed by atoms with van der Waals surface area (Å²) in [5, 5.41) is 6.28. The monoisotopic (exact) mass is 436 g/mol. The first kappa shape index (κ1) is 22.1. The zero-order valence-electron chi connectivity index (χ0n) is 15.9. The van der Waals surface area contributed by atoms with E-state index >= 15 is 0 Å². The van der Waals surface area contributed by atoms with Gasteiger partial charge in [-0.25, -0.2) is 16.8 Å². The van der Waals surface area contributed by atoms with Gasteiger partial charge in [0, 0.05) is 37.6 Å². The number of nitrogens with one attached hydrogen (secondary N) is 2. The van der Waals surface area contributed by atoms with Crippen molar-refractivity contribution in [2.45, 2.75) is 36.9 Å². The number of nitrogens with zero attached hydrogens (tertiary/aromatic N) is 2. The van der Waals surface area contributed by atoms with Crippen molar-refractivity contribution >= 4 is 37.2 Å². The van der Waals surface area contributed by atoms with E-state index in [1.54, 1.807) is 13.1 Å². The van der Waals surface area contributed by atoms with Crippen molar-refractivity contribution in [3.8, 4) is 0 Å². The Labute approximate surface area is 166 Å². The molecule has 2 heterocycles. The third-order valence-electron chi connectivity index (χ3n) is 4.40. The zero-order valence-corrected chi connectivity index (χ0v) is 18.4. The molecular weight excluding hydrogens is 408 g/mol. The Morgan fingerprint density at radius 3 is 2.59 bits per heavy atom. The molecule has 1 saturated heterocycles. The van der Waals surface area contributed by atoms with Crippen molar-refractivity contribution < 1.29 is 16.8 Å². The molecule has 0 radical (unpaired) electrons. The van der Waals surface area contributed by atoms with Gasteiger partial charge in [0.2, 0.25) is 0 Å². The van der Waals surface area contributed by atoms with Crippen LogP contribution in [0.3, 0.4) is 0 Å². The van der Waals surface area contributed by atoms with Crippen LogP contribution in [0.1, 0.15) is 25.1 Å². The predicted octanol–water partition coefficient (Wildman–Crippen LogP) is 0.673. The normalized spacial score (nSPS) is 20.1. The van der Waals surface area contributed by atoms with Crippen molar-refractivity contribution in [1.29, 1.82) is 0 Å². The van der Waals surface area contributed by atoms with E-state index in [1.165, 1.54) is 15.6 Å². The van der Waals surface area contributed by atoms with Gasteiger partial charge < -0.3 is 10.6 Å². The first-order valence-corrected chi connectivity index (χ1v) is 13.1. The molecule has 0 amide bonds. The fourth-order valence-electron chi connectivity index (χ4n) is 2.92. The molecule has 8 nitrogen and oxygen atoms in total. The summed E-state index contributed by atoms with van der Waals surface area (Å²) in [7, 11) is -4.72. The molecule has 2 rings (SSSR count). The molecule has 0 saturated carbocycles. The van der Waals surface area contributed by atoms with Crippen LogP contribution in [0.2, 0.25) is 0 Å². The molecule has 27 heavy (non-hydrogen) atoms. The molecule has 11 heteroatoms. The second-order valence-electron chi connectivity index (χ2n) is 6.30. The molecule has 1 aromatic rings. The van der Waals surface area contributed by atoms with Gasteiger partial charge in [-0.2, -0.15) is 4.31 Å². The first-order valence-electron chi connectivity index (χ1n) is 8.98. The van der Waals surface area contributed by atoms with Crippen LogP contribution in [-0.2, 0) is 26.3 Å². The van der Waals surface area contributed by atoms with Gasteiger partial charge in [0.15, 0.2) is 15.8 Å². The van der Waals surface area contributed by atoms with Gasteiger partial charge in [-0.3, -0.25) is 4.99 Å². The average Bonchev–Trinajstić information content (AvgIpc) is 3.21. The molecule has 0 bridgehead atoms.